The Morgan fingerprint density at radius 2 is 1.50 bits per heavy atom. The third-order valence-corrected chi connectivity index (χ3v) is 6.99. The van der Waals surface area contributed by atoms with E-state index in [0.717, 1.165) is 0 Å². The first-order valence-corrected chi connectivity index (χ1v) is 12.0. The van der Waals surface area contributed by atoms with E-state index >= 15 is 0 Å². The lowest BCUT2D eigenvalue weighted by Crippen LogP contribution is -2.42. The van der Waals surface area contributed by atoms with E-state index in [1.54, 1.807) is 36.4 Å². The van der Waals surface area contributed by atoms with Crippen molar-refractivity contribution in [2.75, 3.05) is 26.3 Å². The number of carbonyl (C=O) groups excluding carboxylic acids is 2. The Morgan fingerprint density at radius 3 is 2.26 bits per heavy atom. The van der Waals surface area contributed by atoms with E-state index in [4.69, 9.17) is 9.47 Å². The number of nitrogens with one attached hydrogen (secondary N) is 2. The van der Waals surface area contributed by atoms with Crippen molar-refractivity contribution in [3.05, 3.63) is 90.0 Å². The lowest BCUT2D eigenvalue weighted by Gasteiger charge is -2.26. The maximum absolute atomic E-state index is 12.9. The van der Waals surface area contributed by atoms with Crippen LogP contribution in [0.4, 0.5) is 0 Å². The second kappa shape index (κ2) is 10.5. The first kappa shape index (κ1) is 23.4. The summed E-state index contributed by atoms with van der Waals surface area (Å²) in [5.41, 5.74) is 4.98. The molecule has 3 aromatic rings. The lowest BCUT2D eigenvalue weighted by atomic mass is 10.2. The molecule has 1 aliphatic heterocycles. The largest absolute Gasteiger partial charge is 0.457 e. The number of rotatable bonds is 6. The number of morpholine rings is 1. The van der Waals surface area contributed by atoms with Gasteiger partial charge in [0.1, 0.15) is 11.5 Å². The van der Waals surface area contributed by atoms with Gasteiger partial charge in [-0.1, -0.05) is 36.4 Å². The van der Waals surface area contributed by atoms with Crippen molar-refractivity contribution in [1.29, 1.82) is 0 Å². The number of para-hydroxylation sites is 2. The molecule has 34 heavy (non-hydrogen) atoms. The molecule has 1 fully saturated rings. The van der Waals surface area contributed by atoms with Gasteiger partial charge in [-0.2, -0.15) is 4.31 Å². The van der Waals surface area contributed by atoms with E-state index in [-0.39, 0.29) is 29.1 Å². The first-order valence-electron chi connectivity index (χ1n) is 10.6. The van der Waals surface area contributed by atoms with E-state index < -0.39 is 21.8 Å². The number of benzene rings is 3. The molecule has 1 heterocycles. The first-order chi connectivity index (χ1) is 16.4. The van der Waals surface area contributed by atoms with Gasteiger partial charge in [0.2, 0.25) is 10.0 Å². The third kappa shape index (κ3) is 5.42. The maximum atomic E-state index is 12.9. The minimum absolute atomic E-state index is 0.00465. The molecule has 0 spiro atoms. The third-order valence-electron chi connectivity index (χ3n) is 5.10. The molecule has 2 N–H and O–H groups in total. The monoisotopic (exact) mass is 481 g/mol. The van der Waals surface area contributed by atoms with Crippen LogP contribution in [0.1, 0.15) is 20.7 Å². The number of hydrogen-bond donors (Lipinski definition) is 2. The number of nitrogens with zero attached hydrogens (tertiary/aromatic N) is 1. The number of hydrogen-bond acceptors (Lipinski definition) is 6. The van der Waals surface area contributed by atoms with E-state index in [0.29, 0.717) is 24.7 Å². The number of amides is 2. The molecule has 1 saturated heterocycles. The van der Waals surface area contributed by atoms with Crippen molar-refractivity contribution in [2.24, 2.45) is 0 Å². The molecule has 0 aliphatic carbocycles. The molecule has 0 saturated carbocycles. The fourth-order valence-electron chi connectivity index (χ4n) is 3.35. The van der Waals surface area contributed by atoms with Crippen LogP contribution in [0.3, 0.4) is 0 Å². The highest BCUT2D eigenvalue weighted by Crippen LogP contribution is 2.25. The van der Waals surface area contributed by atoms with Crippen LogP contribution in [0.25, 0.3) is 0 Å². The Kier molecular flexibility index (Phi) is 7.21. The molecule has 0 radical (unpaired) electrons. The van der Waals surface area contributed by atoms with Crippen LogP contribution in [-0.2, 0) is 14.8 Å². The summed E-state index contributed by atoms with van der Waals surface area (Å²) in [4.78, 5) is 25.3. The molecule has 0 bridgehead atoms. The molecule has 3 aromatic carbocycles. The molecular formula is C24H23N3O6S. The molecular weight excluding hydrogens is 458 g/mol. The highest BCUT2D eigenvalue weighted by molar-refractivity contribution is 7.89. The summed E-state index contributed by atoms with van der Waals surface area (Å²) in [6.45, 7) is 1.14. The molecule has 2 amide bonds. The predicted octanol–water partition coefficient (Wildman–Crippen LogP) is 2.57. The zero-order valence-corrected chi connectivity index (χ0v) is 19.0. The van der Waals surface area contributed by atoms with Crippen LogP contribution < -0.4 is 15.6 Å². The summed E-state index contributed by atoms with van der Waals surface area (Å²) < 4.78 is 38.0. The SMILES string of the molecule is O=C(NNC(=O)c1ccccc1Oc1ccccc1)c1cccc(S(=O)(=O)N2CCOCC2)c1. The van der Waals surface area contributed by atoms with Gasteiger partial charge >= 0.3 is 0 Å². The quantitative estimate of drug-likeness (QED) is 0.523. The summed E-state index contributed by atoms with van der Waals surface area (Å²) >= 11 is 0. The zero-order chi connectivity index (χ0) is 24.0. The summed E-state index contributed by atoms with van der Waals surface area (Å²) in [7, 11) is -3.76. The average Bonchev–Trinajstić information content (AvgIpc) is 2.88. The van der Waals surface area contributed by atoms with Gasteiger partial charge in [-0.25, -0.2) is 8.42 Å². The maximum Gasteiger partial charge on any atom is 0.273 e. The van der Waals surface area contributed by atoms with Gasteiger partial charge in [0.15, 0.2) is 0 Å². The van der Waals surface area contributed by atoms with Crippen molar-refractivity contribution in [2.45, 2.75) is 4.90 Å². The summed E-state index contributed by atoms with van der Waals surface area (Å²) in [5, 5.41) is 0. The number of carbonyl (C=O) groups is 2. The van der Waals surface area contributed by atoms with Crippen LogP contribution >= 0.6 is 0 Å². The van der Waals surface area contributed by atoms with Crippen LogP contribution in [0.5, 0.6) is 11.5 Å². The van der Waals surface area contributed by atoms with Crippen LogP contribution in [-0.4, -0.2) is 50.8 Å². The number of ether oxygens (including phenoxy) is 2. The van der Waals surface area contributed by atoms with Gasteiger partial charge in [-0.3, -0.25) is 20.4 Å². The van der Waals surface area contributed by atoms with Crippen molar-refractivity contribution < 1.29 is 27.5 Å². The van der Waals surface area contributed by atoms with Gasteiger partial charge in [0, 0.05) is 18.7 Å². The van der Waals surface area contributed by atoms with Crippen molar-refractivity contribution in [1.82, 2.24) is 15.2 Å². The van der Waals surface area contributed by atoms with Crippen LogP contribution in [0.15, 0.2) is 83.8 Å². The van der Waals surface area contributed by atoms with Gasteiger partial charge < -0.3 is 9.47 Å². The van der Waals surface area contributed by atoms with E-state index in [1.807, 2.05) is 18.2 Å². The summed E-state index contributed by atoms with van der Waals surface area (Å²) in [5.74, 6) is -0.366. The fourth-order valence-corrected chi connectivity index (χ4v) is 4.80. The second-order valence-electron chi connectivity index (χ2n) is 7.36. The van der Waals surface area contributed by atoms with Gasteiger partial charge in [-0.05, 0) is 42.5 Å². The van der Waals surface area contributed by atoms with Crippen molar-refractivity contribution >= 4 is 21.8 Å². The normalized spacial score (nSPS) is 14.2. The Morgan fingerprint density at radius 1 is 0.824 bits per heavy atom. The van der Waals surface area contributed by atoms with E-state index in [2.05, 4.69) is 10.9 Å². The van der Waals surface area contributed by atoms with Gasteiger partial charge in [-0.15, -0.1) is 0 Å². The molecule has 0 atom stereocenters. The Balaban J connectivity index is 1.44. The Bertz CT molecular complexity index is 1270. The van der Waals surface area contributed by atoms with Gasteiger partial charge in [0.25, 0.3) is 11.8 Å². The smallest absolute Gasteiger partial charge is 0.273 e. The van der Waals surface area contributed by atoms with Crippen molar-refractivity contribution in [3.63, 3.8) is 0 Å². The fraction of sp³-hybridized carbons (Fsp3) is 0.167. The highest BCUT2D eigenvalue weighted by Gasteiger charge is 2.27. The molecule has 176 valence electrons. The van der Waals surface area contributed by atoms with E-state index in [9.17, 15) is 18.0 Å². The van der Waals surface area contributed by atoms with Crippen molar-refractivity contribution in [3.8, 4) is 11.5 Å². The standard InChI is InChI=1S/C24H23N3O6S/c28-23(18-7-6-10-20(17-18)34(30,31)27-13-15-32-16-14-27)25-26-24(29)21-11-4-5-12-22(21)33-19-8-2-1-3-9-19/h1-12,17H,13-16H2,(H,25,28)(H,26,29). The van der Waals surface area contributed by atoms with E-state index in [1.165, 1.54) is 28.6 Å². The van der Waals surface area contributed by atoms with Crippen LogP contribution in [0, 0.1) is 0 Å². The summed E-state index contributed by atoms with van der Waals surface area (Å²) in [6.07, 6.45) is 0. The number of sulfonamides is 1. The topological polar surface area (TPSA) is 114 Å². The second-order valence-corrected chi connectivity index (χ2v) is 9.30. The van der Waals surface area contributed by atoms with Crippen LogP contribution in [0.2, 0.25) is 0 Å². The van der Waals surface area contributed by atoms with Gasteiger partial charge in [0.05, 0.1) is 23.7 Å². The molecule has 0 aromatic heterocycles. The lowest BCUT2D eigenvalue weighted by molar-refractivity contribution is 0.0730. The molecule has 9 nitrogen and oxygen atoms in total. The molecule has 0 unspecified atom stereocenters. The number of hydrazine groups is 1. The Labute approximate surface area is 197 Å². The Hall–Kier alpha value is -3.73. The summed E-state index contributed by atoms with van der Waals surface area (Å²) in [6, 6.07) is 21.2. The zero-order valence-electron chi connectivity index (χ0n) is 18.1. The molecule has 4 rings (SSSR count). The highest BCUT2D eigenvalue weighted by atomic mass is 32.2. The molecule has 1 aliphatic rings. The predicted molar refractivity (Wildman–Crippen MR) is 124 cm³/mol. The average molecular weight is 482 g/mol. The minimum atomic E-state index is -3.76. The minimum Gasteiger partial charge on any atom is -0.457 e. The molecule has 10 heteroatoms.